The van der Waals surface area contributed by atoms with E-state index in [1.165, 1.54) is 0 Å². The minimum absolute atomic E-state index is 0. The van der Waals surface area contributed by atoms with Crippen LogP contribution >= 0.6 is 18.6 Å². The molecule has 6 heteroatoms. The molecule has 9 heavy (non-hydrogen) atoms. The summed E-state index contributed by atoms with van der Waals surface area (Å²) in [6.07, 6.45) is 5.43. The first kappa shape index (κ1) is 13.1. The Bertz CT molecular complexity index is 102. The van der Waals surface area contributed by atoms with Gasteiger partial charge in [-0.05, 0) is 18.8 Å². The summed E-state index contributed by atoms with van der Waals surface area (Å²) in [6.45, 7) is 0. The molecule has 0 aliphatic heterocycles. The summed E-state index contributed by atoms with van der Waals surface area (Å²) in [5, 5.41) is 0. The molecule has 54 valence electrons. The normalized spacial score (nSPS) is 16.0. The van der Waals surface area contributed by atoms with Crippen LogP contribution in [0.4, 0.5) is 0 Å². The Hall–Kier alpha value is 1.50. The van der Waals surface area contributed by atoms with Gasteiger partial charge in [-0.15, -0.1) is 10.3 Å². The molecule has 0 aliphatic rings. The number of hydrogen-bond donors (Lipinski definition) is 1. The molecule has 0 aliphatic carbocycles. The maximum absolute atomic E-state index is 10.00. The third-order valence-electron chi connectivity index (χ3n) is 0.321. The molecule has 0 aromatic carbocycles. The molecule has 0 heterocycles. The monoisotopic (exact) mass is 182 g/mol. The van der Waals surface area contributed by atoms with Crippen LogP contribution in [-0.4, -0.2) is 53.2 Å². The van der Waals surface area contributed by atoms with E-state index in [4.69, 9.17) is 4.89 Å². The van der Waals surface area contributed by atoms with E-state index in [1.807, 2.05) is 18.8 Å². The van der Waals surface area contributed by atoms with Crippen molar-refractivity contribution >= 4 is 48.1 Å². The van der Waals surface area contributed by atoms with E-state index in [9.17, 15) is 4.57 Å². The number of hydrogen-bond acceptors (Lipinski definition) is 2. The average Bonchev–Trinajstić information content (AvgIpc) is 1.21. The van der Waals surface area contributed by atoms with Crippen LogP contribution in [0.1, 0.15) is 0 Å². The van der Waals surface area contributed by atoms with Gasteiger partial charge in [0, 0.05) is 0 Å². The topological polar surface area (TPSA) is 46.5 Å². The van der Waals surface area contributed by atoms with Gasteiger partial charge in [0.2, 0.25) is 0 Å². The molecule has 3 nitrogen and oxygen atoms in total. The fraction of sp³-hybridized carbons (Fsp3) is 1.00. The molecular weight excluding hydrogens is 170 g/mol. The van der Waals surface area contributed by atoms with Crippen LogP contribution in [0.2, 0.25) is 0 Å². The summed E-state index contributed by atoms with van der Waals surface area (Å²) in [5.74, 6) is 0. The van der Waals surface area contributed by atoms with Gasteiger partial charge in [0.1, 0.15) is 0 Å². The van der Waals surface area contributed by atoms with Gasteiger partial charge in [-0.2, -0.15) is 0 Å². The Morgan fingerprint density at radius 3 is 1.78 bits per heavy atom. The first-order chi connectivity index (χ1) is 3.42. The Labute approximate surface area is 79.9 Å². The molecule has 0 bridgehead atoms. The standard InChI is InChI=1S/C3H11O3PS.Na.H/c1-8(2,3)6-7(4)5;;/h7H,1-3H3,(H,4,5);;. The molecule has 0 amide bonds. The van der Waals surface area contributed by atoms with E-state index in [-0.39, 0.29) is 29.6 Å². The van der Waals surface area contributed by atoms with Crippen LogP contribution in [0, 0.1) is 0 Å². The van der Waals surface area contributed by atoms with Crippen molar-refractivity contribution in [1.29, 1.82) is 0 Å². The van der Waals surface area contributed by atoms with Crippen molar-refractivity contribution < 1.29 is 13.4 Å². The van der Waals surface area contributed by atoms with Crippen molar-refractivity contribution in [1.82, 2.24) is 0 Å². The average molecular weight is 182 g/mol. The molecule has 0 saturated carbocycles. The summed E-state index contributed by atoms with van der Waals surface area (Å²) in [7, 11) is -3.95. The second kappa shape index (κ2) is 5.19. The molecule has 0 spiro atoms. The van der Waals surface area contributed by atoms with Crippen LogP contribution in [0.5, 0.6) is 0 Å². The summed E-state index contributed by atoms with van der Waals surface area (Å²) in [4.78, 5) is 8.23. The van der Waals surface area contributed by atoms with E-state index in [0.29, 0.717) is 0 Å². The van der Waals surface area contributed by atoms with Crippen LogP contribution < -0.4 is 0 Å². The summed E-state index contributed by atoms with van der Waals surface area (Å²) < 4.78 is 14.6. The van der Waals surface area contributed by atoms with Crippen molar-refractivity contribution in [3.63, 3.8) is 0 Å². The molecule has 0 aromatic rings. The van der Waals surface area contributed by atoms with Gasteiger partial charge in [0.15, 0.2) is 0 Å². The van der Waals surface area contributed by atoms with Gasteiger partial charge in [0.05, 0.1) is 0 Å². The molecule has 0 saturated heterocycles. The van der Waals surface area contributed by atoms with Crippen LogP contribution in [0.3, 0.4) is 0 Å². The molecule has 1 atom stereocenters. The molecule has 0 aromatic heterocycles. The maximum atomic E-state index is 10.00. The van der Waals surface area contributed by atoms with Gasteiger partial charge in [-0.25, -0.2) is 0 Å². The van der Waals surface area contributed by atoms with Crippen molar-refractivity contribution in [3.8, 4) is 0 Å². The van der Waals surface area contributed by atoms with Crippen molar-refractivity contribution in [2.24, 2.45) is 0 Å². The molecule has 0 rings (SSSR count). The predicted octanol–water partition coefficient (Wildman–Crippen LogP) is 0.345. The predicted molar refractivity (Wildman–Crippen MR) is 44.8 cm³/mol. The Balaban J connectivity index is 0. The first-order valence-electron chi connectivity index (χ1n) is 2.02. The van der Waals surface area contributed by atoms with Crippen molar-refractivity contribution in [2.75, 3.05) is 18.8 Å². The van der Waals surface area contributed by atoms with Crippen molar-refractivity contribution in [2.45, 2.75) is 0 Å². The molecule has 1 N–H and O–H groups in total. The molecule has 0 radical (unpaired) electrons. The molecule has 1 unspecified atom stereocenters. The van der Waals surface area contributed by atoms with E-state index in [2.05, 4.69) is 3.97 Å². The first-order valence-corrected chi connectivity index (χ1v) is 6.07. The fourth-order valence-corrected chi connectivity index (χ4v) is 1.92. The van der Waals surface area contributed by atoms with E-state index in [1.54, 1.807) is 0 Å². The SMILES string of the molecule is CS(C)(C)O[PH](=O)O.[NaH]. The van der Waals surface area contributed by atoms with Crippen LogP contribution in [0.15, 0.2) is 0 Å². The van der Waals surface area contributed by atoms with Gasteiger partial charge < -0.3 is 4.89 Å². The zero-order valence-corrected chi connectivity index (χ0v) is 6.99. The van der Waals surface area contributed by atoms with Gasteiger partial charge in [0.25, 0.3) is 0 Å². The van der Waals surface area contributed by atoms with Gasteiger partial charge >= 0.3 is 37.8 Å². The van der Waals surface area contributed by atoms with Crippen LogP contribution in [-0.2, 0) is 8.54 Å². The van der Waals surface area contributed by atoms with E-state index < -0.39 is 18.6 Å². The molecule has 0 fully saturated rings. The van der Waals surface area contributed by atoms with Gasteiger partial charge in [-0.3, -0.25) is 8.54 Å². The van der Waals surface area contributed by atoms with Crippen molar-refractivity contribution in [3.05, 3.63) is 0 Å². The second-order valence-electron chi connectivity index (χ2n) is 2.07. The third-order valence-corrected chi connectivity index (χ3v) is 2.89. The quantitative estimate of drug-likeness (QED) is 0.495. The zero-order valence-electron chi connectivity index (χ0n) is 5.17. The van der Waals surface area contributed by atoms with E-state index in [0.717, 1.165) is 0 Å². The fourth-order valence-electron chi connectivity index (χ4n) is 0.214. The Morgan fingerprint density at radius 1 is 1.44 bits per heavy atom. The zero-order chi connectivity index (χ0) is 6.78. The number of rotatable bonds is 2. The summed E-state index contributed by atoms with van der Waals surface area (Å²) in [5.41, 5.74) is 0. The molecular formula is C3H12NaO3PS. The Morgan fingerprint density at radius 2 is 1.78 bits per heavy atom. The minimum atomic E-state index is -2.70. The second-order valence-corrected chi connectivity index (χ2v) is 6.72. The summed E-state index contributed by atoms with van der Waals surface area (Å²) in [6, 6.07) is 0. The van der Waals surface area contributed by atoms with Crippen LogP contribution in [0.25, 0.3) is 0 Å². The van der Waals surface area contributed by atoms with Gasteiger partial charge in [-0.1, -0.05) is 0 Å². The van der Waals surface area contributed by atoms with E-state index >= 15 is 0 Å². The summed E-state index contributed by atoms with van der Waals surface area (Å²) >= 11 is 0. The third kappa shape index (κ3) is 12.6. The Kier molecular flexibility index (Phi) is 7.56.